The molecular formula is C13H19N3O. The second-order valence-electron chi connectivity index (χ2n) is 6.24. The van der Waals surface area contributed by atoms with Crippen molar-refractivity contribution < 1.29 is 5.11 Å². The van der Waals surface area contributed by atoms with Gasteiger partial charge in [-0.3, -0.25) is 4.90 Å². The molecule has 4 rings (SSSR count). The highest BCUT2D eigenvalue weighted by Gasteiger charge is 2.71. The molecule has 4 unspecified atom stereocenters. The molecule has 4 atom stereocenters. The van der Waals surface area contributed by atoms with Gasteiger partial charge in [-0.1, -0.05) is 0 Å². The van der Waals surface area contributed by atoms with Gasteiger partial charge in [0, 0.05) is 36.9 Å². The van der Waals surface area contributed by atoms with Gasteiger partial charge in [-0.15, -0.1) is 0 Å². The zero-order chi connectivity index (χ0) is 11.8. The van der Waals surface area contributed by atoms with E-state index in [9.17, 15) is 5.11 Å². The Morgan fingerprint density at radius 2 is 2.24 bits per heavy atom. The Balaban J connectivity index is 1.72. The molecule has 1 aromatic heterocycles. The molecule has 3 fully saturated rings. The van der Waals surface area contributed by atoms with Crippen molar-refractivity contribution in [2.75, 3.05) is 7.05 Å². The molecule has 1 aromatic rings. The number of aryl methyl sites for hydroxylation is 1. The molecule has 0 bridgehead atoms. The third-order valence-electron chi connectivity index (χ3n) is 5.58. The largest absolute Gasteiger partial charge is 0.382 e. The number of likely N-dealkylation sites (tertiary alicyclic amines) is 1. The second kappa shape index (κ2) is 2.75. The zero-order valence-electron chi connectivity index (χ0n) is 10.4. The van der Waals surface area contributed by atoms with Crippen LogP contribution in [0.4, 0.5) is 0 Å². The molecule has 2 saturated carbocycles. The fourth-order valence-corrected chi connectivity index (χ4v) is 4.77. The predicted octanol–water partition coefficient (Wildman–Crippen LogP) is 0.864. The van der Waals surface area contributed by atoms with E-state index in [1.807, 2.05) is 17.8 Å². The fourth-order valence-electron chi connectivity index (χ4n) is 4.77. The van der Waals surface area contributed by atoms with Gasteiger partial charge < -0.3 is 9.67 Å². The van der Waals surface area contributed by atoms with Gasteiger partial charge in [0.05, 0.1) is 0 Å². The molecule has 92 valence electrons. The minimum atomic E-state index is -0.702. The molecule has 0 aromatic carbocycles. The molecule has 2 aliphatic carbocycles. The first kappa shape index (κ1) is 10.1. The lowest BCUT2D eigenvalue weighted by atomic mass is 9.53. The third kappa shape index (κ3) is 0.960. The van der Waals surface area contributed by atoms with Crippen molar-refractivity contribution in [3.8, 4) is 0 Å². The van der Waals surface area contributed by atoms with Crippen LogP contribution in [0.25, 0.3) is 0 Å². The molecule has 2 heterocycles. The summed E-state index contributed by atoms with van der Waals surface area (Å²) in [7, 11) is 4.18. The number of piperidine rings is 1. The Labute approximate surface area is 101 Å². The van der Waals surface area contributed by atoms with E-state index in [1.165, 1.54) is 12.8 Å². The third-order valence-corrected chi connectivity index (χ3v) is 5.58. The van der Waals surface area contributed by atoms with Crippen LogP contribution in [-0.4, -0.2) is 38.7 Å². The lowest BCUT2D eigenvalue weighted by molar-refractivity contribution is -0.175. The van der Waals surface area contributed by atoms with Gasteiger partial charge in [0.1, 0.15) is 11.4 Å². The monoisotopic (exact) mass is 233 g/mol. The van der Waals surface area contributed by atoms with Gasteiger partial charge >= 0.3 is 0 Å². The standard InChI is InChI=1S/C13H19N3O/c1-15-6-5-14-11(15)13(17)7-10-12(8-13)4-3-9(12)16(10)2/h5-6,9-10,17H,3-4,7-8H2,1-2H3. The van der Waals surface area contributed by atoms with Crippen LogP contribution < -0.4 is 0 Å². The quantitative estimate of drug-likeness (QED) is 0.782. The normalized spacial score (nSPS) is 48.2. The first-order valence-electron chi connectivity index (χ1n) is 6.49. The summed E-state index contributed by atoms with van der Waals surface area (Å²) in [5.41, 5.74) is -0.290. The van der Waals surface area contributed by atoms with Gasteiger partial charge in [-0.2, -0.15) is 0 Å². The fraction of sp³-hybridized carbons (Fsp3) is 0.769. The Kier molecular flexibility index (Phi) is 1.63. The molecule has 4 heteroatoms. The minimum absolute atomic E-state index is 0.412. The molecule has 0 amide bonds. The number of nitrogens with zero attached hydrogens (tertiary/aromatic N) is 3. The Hall–Kier alpha value is -0.870. The lowest BCUT2D eigenvalue weighted by Crippen LogP contribution is -2.73. The van der Waals surface area contributed by atoms with Crippen molar-refractivity contribution in [3.63, 3.8) is 0 Å². The lowest BCUT2D eigenvalue weighted by Gasteiger charge is -2.67. The van der Waals surface area contributed by atoms with Crippen LogP contribution in [0, 0.1) is 5.41 Å². The van der Waals surface area contributed by atoms with E-state index in [-0.39, 0.29) is 0 Å². The summed E-state index contributed by atoms with van der Waals surface area (Å²) in [5, 5.41) is 10.9. The van der Waals surface area contributed by atoms with E-state index in [2.05, 4.69) is 16.9 Å². The van der Waals surface area contributed by atoms with Crippen LogP contribution in [0.2, 0.25) is 0 Å². The molecule has 3 aliphatic rings. The summed E-state index contributed by atoms with van der Waals surface area (Å²) in [6, 6.07) is 1.30. The predicted molar refractivity (Wildman–Crippen MR) is 63.3 cm³/mol. The minimum Gasteiger partial charge on any atom is -0.382 e. The molecule has 0 radical (unpaired) electrons. The maximum absolute atomic E-state index is 10.9. The van der Waals surface area contributed by atoms with E-state index in [0.717, 1.165) is 24.7 Å². The summed E-state index contributed by atoms with van der Waals surface area (Å²) in [4.78, 5) is 6.83. The van der Waals surface area contributed by atoms with Crippen LogP contribution in [0.5, 0.6) is 0 Å². The zero-order valence-corrected chi connectivity index (χ0v) is 10.4. The summed E-state index contributed by atoms with van der Waals surface area (Å²) >= 11 is 0. The summed E-state index contributed by atoms with van der Waals surface area (Å²) < 4.78 is 1.97. The van der Waals surface area contributed by atoms with Gasteiger partial charge in [0.2, 0.25) is 0 Å². The molecule has 4 nitrogen and oxygen atoms in total. The maximum atomic E-state index is 10.9. The SMILES string of the molecule is CN1C2CCC23CC(O)(c2nccn2C)CC13. The molecular weight excluding hydrogens is 214 g/mol. The van der Waals surface area contributed by atoms with Crippen LogP contribution in [0.1, 0.15) is 31.5 Å². The van der Waals surface area contributed by atoms with Gasteiger partial charge in [-0.05, 0) is 32.7 Å². The van der Waals surface area contributed by atoms with Crippen molar-refractivity contribution in [1.29, 1.82) is 0 Å². The first-order chi connectivity index (χ1) is 8.07. The van der Waals surface area contributed by atoms with E-state index in [1.54, 1.807) is 6.20 Å². The Morgan fingerprint density at radius 1 is 1.41 bits per heavy atom. The van der Waals surface area contributed by atoms with Crippen molar-refractivity contribution in [1.82, 2.24) is 14.5 Å². The first-order valence-corrected chi connectivity index (χ1v) is 6.49. The highest BCUT2D eigenvalue weighted by atomic mass is 16.3. The van der Waals surface area contributed by atoms with Gasteiger partial charge in [0.25, 0.3) is 0 Å². The van der Waals surface area contributed by atoms with Crippen molar-refractivity contribution in [2.45, 2.75) is 43.4 Å². The van der Waals surface area contributed by atoms with Crippen molar-refractivity contribution in [3.05, 3.63) is 18.2 Å². The highest BCUT2D eigenvalue weighted by molar-refractivity contribution is 5.27. The van der Waals surface area contributed by atoms with Gasteiger partial charge in [0.15, 0.2) is 0 Å². The number of hydrogen-bond donors (Lipinski definition) is 1. The molecule has 1 saturated heterocycles. The van der Waals surface area contributed by atoms with E-state index < -0.39 is 5.60 Å². The van der Waals surface area contributed by atoms with Crippen LogP contribution >= 0.6 is 0 Å². The Bertz CT molecular complexity index is 485. The molecule has 17 heavy (non-hydrogen) atoms. The van der Waals surface area contributed by atoms with E-state index in [0.29, 0.717) is 11.5 Å². The van der Waals surface area contributed by atoms with Crippen molar-refractivity contribution in [2.24, 2.45) is 12.5 Å². The van der Waals surface area contributed by atoms with Crippen LogP contribution in [0.3, 0.4) is 0 Å². The summed E-state index contributed by atoms with van der Waals surface area (Å²) in [6.45, 7) is 0. The van der Waals surface area contributed by atoms with Crippen LogP contribution in [0.15, 0.2) is 12.4 Å². The number of hydrogen-bond acceptors (Lipinski definition) is 3. The topological polar surface area (TPSA) is 41.3 Å². The number of imidazole rings is 1. The molecule has 1 spiro atoms. The average molecular weight is 233 g/mol. The number of aliphatic hydroxyl groups is 1. The maximum Gasteiger partial charge on any atom is 0.140 e. The van der Waals surface area contributed by atoms with Crippen LogP contribution in [-0.2, 0) is 12.6 Å². The summed E-state index contributed by atoms with van der Waals surface area (Å²) in [5.74, 6) is 0.848. The smallest absolute Gasteiger partial charge is 0.140 e. The van der Waals surface area contributed by atoms with Gasteiger partial charge in [-0.25, -0.2) is 4.98 Å². The number of aromatic nitrogens is 2. The van der Waals surface area contributed by atoms with Crippen molar-refractivity contribution >= 4 is 0 Å². The summed E-state index contributed by atoms with van der Waals surface area (Å²) in [6.07, 6.45) is 8.07. The highest BCUT2D eigenvalue weighted by Crippen LogP contribution is 2.68. The molecule has 1 N–H and O–H groups in total. The average Bonchev–Trinajstić information content (AvgIpc) is 2.80. The van der Waals surface area contributed by atoms with E-state index >= 15 is 0 Å². The number of rotatable bonds is 1. The molecule has 1 aliphatic heterocycles. The Morgan fingerprint density at radius 3 is 2.76 bits per heavy atom. The van der Waals surface area contributed by atoms with E-state index in [4.69, 9.17) is 0 Å². The second-order valence-corrected chi connectivity index (χ2v) is 6.24.